The summed E-state index contributed by atoms with van der Waals surface area (Å²) in [6, 6.07) is -9.82. The van der Waals surface area contributed by atoms with Crippen molar-refractivity contribution in [2.45, 2.75) is 385 Å². The number of carboxylic acid groups (broad SMARTS) is 1. The lowest BCUT2D eigenvalue weighted by Crippen LogP contribution is -2.71. The average molecular weight is 2080 g/mol. The zero-order valence-corrected chi connectivity index (χ0v) is 76.6. The van der Waals surface area contributed by atoms with Crippen molar-refractivity contribution in [3.05, 3.63) is 0 Å². The Balaban J connectivity index is 0.990. The monoisotopic (exact) mass is 2080 g/mol. The number of ether oxygens (including phenoxy) is 20. The maximum absolute atomic E-state index is 13.4. The van der Waals surface area contributed by atoms with E-state index in [1.165, 1.54) is 6.92 Å². The minimum absolute atomic E-state index is 0.844. The van der Waals surface area contributed by atoms with E-state index in [4.69, 9.17) is 94.7 Å². The Hall–Kier alpha value is -5.22. The van der Waals surface area contributed by atoms with Gasteiger partial charge in [-0.05, 0) is 6.92 Å². The molecule has 10 aliphatic rings. The number of amides is 5. The third-order valence-corrected chi connectivity index (χ3v) is 25.5. The van der Waals surface area contributed by atoms with Gasteiger partial charge in [-0.2, -0.15) is 0 Å². The van der Waals surface area contributed by atoms with Crippen LogP contribution in [-0.4, -0.2) is 608 Å². The standard InChI is InChI=1S/C79H133N5O58/c1-19-41(100)53(112)57(116)72(127-19)123-15-28(99)62(42(101)25(8-85)80-20(2)92)136-70-39(83-23(5)95)52(111)64(33(14-91)131-70)138-76-61(120)67(49(108)35(135-76)17-125-74-60(119)66(139-75-59(118)55(114)45(104)30(11-88)129-75)48(107)34(134-74)16-124-73-58(117)54(113)44(103)29(10-87)128-73)140-77-68(56(115)46(105)31(12-89)130-77)141-71-40(84-24(6)96)51(110)63(32(13-90)132-71)137-69-38(82-22(4)94)50(109)47(106)36(133-69)18-126-79(78(121)122)7-26(97)37(81-21(3)93)65(142-79)43(102)27(98)9-86/h19,25-77,85-91,97-120H,7-18H2,1-6H3,(H,80,92)(H,81,93)(H,82,94)(H,83,95)(H,84,96)(H,121,122)/t19-,25-,26-,27+,28+,29+,30+,31+,32+,33+,34+,35+,36+,37+,38+,39+,40+,41+,42+,43+,44+,45+,46+,47-,48+,49+,50+,51+,52+,53+,54-,55-,56-,57-,58-,59-,60-,61-,62+,63+,64+,65+,66-,67-,68-,69?,70?,71?,72?,73?,74?,75?,76?,77?,79?/m0/s1. The van der Waals surface area contributed by atoms with E-state index in [0.717, 1.165) is 34.6 Å². The van der Waals surface area contributed by atoms with Gasteiger partial charge in [0.05, 0.1) is 97.0 Å². The molecule has 63 heteroatoms. The van der Waals surface area contributed by atoms with Crippen LogP contribution in [0.1, 0.15) is 48.0 Å². The number of hydrogen-bond donors (Lipinski definition) is 37. The summed E-state index contributed by atoms with van der Waals surface area (Å²) in [5.41, 5.74) is 0. The predicted octanol–water partition coefficient (Wildman–Crippen LogP) is -24.4. The highest BCUT2D eigenvalue weighted by atomic mass is 16.8. The summed E-state index contributed by atoms with van der Waals surface area (Å²) in [6.45, 7) is -7.39. The second-order valence-corrected chi connectivity index (χ2v) is 35.8. The minimum Gasteiger partial charge on any atom is -0.477 e. The van der Waals surface area contributed by atoms with Crippen LogP contribution in [0.5, 0.6) is 0 Å². The number of rotatable bonds is 42. The third-order valence-electron chi connectivity index (χ3n) is 25.5. The zero-order valence-electron chi connectivity index (χ0n) is 76.6. The molecule has 10 rings (SSSR count). The number of aliphatic hydroxyl groups is 31. The van der Waals surface area contributed by atoms with Crippen molar-refractivity contribution in [1.29, 1.82) is 0 Å². The first kappa shape index (κ1) is 119. The van der Waals surface area contributed by atoms with E-state index in [1.807, 2.05) is 0 Å². The molecule has 0 aliphatic carbocycles. The summed E-state index contributed by atoms with van der Waals surface area (Å²) < 4.78 is 118. The molecule has 37 N–H and O–H groups in total. The summed E-state index contributed by atoms with van der Waals surface area (Å²) in [4.78, 5) is 77.5. The van der Waals surface area contributed by atoms with Crippen LogP contribution in [0.2, 0.25) is 0 Å². The Morgan fingerprint density at radius 2 is 0.704 bits per heavy atom. The Morgan fingerprint density at radius 1 is 0.338 bits per heavy atom. The minimum atomic E-state index is -3.14. The van der Waals surface area contributed by atoms with Gasteiger partial charge in [0.1, 0.15) is 250 Å². The highest BCUT2D eigenvalue weighted by molar-refractivity contribution is 5.77. The first-order valence-electron chi connectivity index (χ1n) is 45.0. The van der Waals surface area contributed by atoms with Gasteiger partial charge in [0, 0.05) is 41.0 Å². The van der Waals surface area contributed by atoms with Crippen LogP contribution in [0.15, 0.2) is 0 Å². The Labute approximate surface area is 804 Å². The summed E-state index contributed by atoms with van der Waals surface area (Å²) in [5.74, 6) is -10.1. The first-order valence-corrected chi connectivity index (χ1v) is 45.0. The topological polar surface area (TPSA) is 995 Å². The molecule has 10 heterocycles. The van der Waals surface area contributed by atoms with Crippen LogP contribution in [0.25, 0.3) is 0 Å². The Morgan fingerprint density at radius 3 is 1.19 bits per heavy atom. The van der Waals surface area contributed by atoms with Crippen LogP contribution in [0.4, 0.5) is 0 Å². The molecule has 0 radical (unpaired) electrons. The molecule has 5 amide bonds. The molecule has 0 aromatic heterocycles. The SMILES string of the molecule is CC(=O)N[C@H]1[C@H]([C@H](O)[C@H](O)CO)OC(OC[C@H]2OC(O[C@H]3[C@H](O)[C@@H](NC(C)=O)C(O[C@@H]4C(O[C@H]5[C@H](O)[C@@H](COC6O[C@H](COC7O[C@H](CO)[C@@H](O)[C@H](O)[C@@H]7O)[C@@H](O)[C@H](OC7O[C@H](CO)[C@@H](O)[C@H](O)[C@@H]7O)[C@@H]6O)OC(O[C@H]6[C@H](O)[C@@H](NC(C)=O)C(O[C@@H]([C@H](O)[C@H](CO)NC(C)=O)[C@H](O)COC7O[C@@H](C)[C@@H](O)[C@@H](O)[C@@H]7O)O[C@@H]6CO)[C@H]5O)O[C@H](CO)[C@@H](O)[C@@H]4O)O[C@@H]3CO)[C@H](NC(C)=O)[C@@H](O)[C@H]2O)(C(=O)O)C[C@@H]1O. The van der Waals surface area contributed by atoms with Gasteiger partial charge in [0.15, 0.2) is 56.6 Å². The van der Waals surface area contributed by atoms with E-state index in [-0.39, 0.29) is 0 Å². The van der Waals surface area contributed by atoms with Crippen LogP contribution < -0.4 is 26.6 Å². The van der Waals surface area contributed by atoms with Crippen molar-refractivity contribution in [3.8, 4) is 0 Å². The normalized spacial score (nSPS) is 45.7. The molecule has 63 nitrogen and oxygen atoms in total. The van der Waals surface area contributed by atoms with Crippen LogP contribution in [0, 0.1) is 0 Å². The van der Waals surface area contributed by atoms with Gasteiger partial charge >= 0.3 is 5.97 Å². The van der Waals surface area contributed by atoms with Gasteiger partial charge in [-0.1, -0.05) is 0 Å². The fourth-order valence-electron chi connectivity index (χ4n) is 17.8. The number of carboxylic acids is 1. The van der Waals surface area contributed by atoms with Crippen molar-refractivity contribution in [2.24, 2.45) is 0 Å². The van der Waals surface area contributed by atoms with Crippen molar-refractivity contribution < 1.29 is 287 Å². The number of aliphatic hydroxyl groups excluding tert-OH is 31. The Kier molecular flexibility index (Phi) is 43.5. The number of nitrogens with one attached hydrogen (secondary N) is 5. The highest BCUT2D eigenvalue weighted by Gasteiger charge is 2.63. The molecule has 0 spiro atoms. The van der Waals surface area contributed by atoms with Gasteiger partial charge in [-0.15, -0.1) is 0 Å². The number of hydrogen-bond acceptors (Lipinski definition) is 57. The molecule has 0 saturated carbocycles. The molecule has 0 aromatic carbocycles. The van der Waals surface area contributed by atoms with Crippen LogP contribution in [-0.2, 0) is 124 Å². The molecular formula is C79H133N5O58. The Bertz CT molecular complexity index is 3950. The van der Waals surface area contributed by atoms with Gasteiger partial charge in [0.2, 0.25) is 29.5 Å². The number of carbonyl (C=O) groups excluding carboxylic acids is 5. The number of aliphatic carboxylic acids is 1. The summed E-state index contributed by atoms with van der Waals surface area (Å²) in [7, 11) is 0. The first-order chi connectivity index (χ1) is 66.9. The molecule has 0 bridgehead atoms. The lowest BCUT2D eigenvalue weighted by molar-refractivity contribution is -0.397. The fourth-order valence-corrected chi connectivity index (χ4v) is 17.8. The molecule has 10 unspecified atom stereocenters. The van der Waals surface area contributed by atoms with E-state index in [0.29, 0.717) is 0 Å². The smallest absolute Gasteiger partial charge is 0.364 e. The van der Waals surface area contributed by atoms with Crippen molar-refractivity contribution in [2.75, 3.05) is 72.7 Å². The average Bonchev–Trinajstić information content (AvgIpc) is 0.762. The molecule has 10 fully saturated rings. The van der Waals surface area contributed by atoms with E-state index in [2.05, 4.69) is 26.6 Å². The highest BCUT2D eigenvalue weighted by Crippen LogP contribution is 2.42. The van der Waals surface area contributed by atoms with Crippen molar-refractivity contribution in [3.63, 3.8) is 0 Å². The van der Waals surface area contributed by atoms with Crippen molar-refractivity contribution in [1.82, 2.24) is 26.6 Å². The van der Waals surface area contributed by atoms with E-state index in [9.17, 15) is 192 Å². The van der Waals surface area contributed by atoms with E-state index in [1.54, 1.807) is 0 Å². The van der Waals surface area contributed by atoms with E-state index < -0.39 is 451 Å². The number of carbonyl (C=O) groups is 6. The second kappa shape index (κ2) is 52.0. The van der Waals surface area contributed by atoms with Gasteiger partial charge in [-0.3, -0.25) is 24.0 Å². The third kappa shape index (κ3) is 27.2. The molecule has 55 atom stereocenters. The summed E-state index contributed by atoms with van der Waals surface area (Å²) in [5, 5.41) is 371. The quantitative estimate of drug-likeness (QED) is 0.0270. The zero-order chi connectivity index (χ0) is 105. The second-order valence-electron chi connectivity index (χ2n) is 35.8. The predicted molar refractivity (Wildman–Crippen MR) is 438 cm³/mol. The fraction of sp³-hybridized carbons (Fsp3) is 0.924. The molecular weight excluding hydrogens is 1950 g/mol. The van der Waals surface area contributed by atoms with Crippen LogP contribution in [0.3, 0.4) is 0 Å². The van der Waals surface area contributed by atoms with Crippen LogP contribution >= 0.6 is 0 Å². The lowest BCUT2D eigenvalue weighted by Gasteiger charge is -2.51. The van der Waals surface area contributed by atoms with Gasteiger partial charge in [0.25, 0.3) is 5.79 Å². The molecule has 0 aromatic rings. The molecule has 10 saturated heterocycles. The summed E-state index contributed by atoms with van der Waals surface area (Å²) >= 11 is 0. The largest absolute Gasteiger partial charge is 0.477 e. The molecule has 142 heavy (non-hydrogen) atoms. The lowest BCUT2D eigenvalue weighted by atomic mass is 9.88. The molecule has 10 aliphatic heterocycles. The van der Waals surface area contributed by atoms with Crippen molar-refractivity contribution >= 4 is 35.5 Å². The van der Waals surface area contributed by atoms with E-state index >= 15 is 0 Å². The van der Waals surface area contributed by atoms with Gasteiger partial charge < -0.3 is 285 Å². The molecule has 822 valence electrons. The summed E-state index contributed by atoms with van der Waals surface area (Å²) in [6.07, 6.45) is -109. The maximum atomic E-state index is 13.4. The van der Waals surface area contributed by atoms with Gasteiger partial charge in [-0.25, -0.2) is 4.79 Å². The maximum Gasteiger partial charge on any atom is 0.364 e.